The number of halogens is 1. The first-order valence-corrected chi connectivity index (χ1v) is 8.86. The topological polar surface area (TPSA) is 38.0 Å². The normalized spacial score (nSPS) is 9.33. The fraction of sp³-hybridized carbons (Fsp3) is 0.450. The molecule has 0 spiro atoms. The Morgan fingerprint density at radius 1 is 1.12 bits per heavy atom. The number of benzene rings is 1. The molecule has 0 aliphatic carbocycles. The monoisotopic (exact) mass is 348 g/mol. The quantitative estimate of drug-likeness (QED) is 0.655. The van der Waals surface area contributed by atoms with Crippen molar-refractivity contribution in [1.29, 1.82) is 5.26 Å². The van der Waals surface area contributed by atoms with Gasteiger partial charge >= 0.3 is 0 Å². The van der Waals surface area contributed by atoms with Gasteiger partial charge in [-0.1, -0.05) is 65.3 Å². The van der Waals surface area contributed by atoms with Gasteiger partial charge in [0.2, 0.25) is 0 Å². The molecule has 0 aliphatic heterocycles. The molecule has 0 amide bonds. The smallest absolute Gasteiger partial charge is 0.139 e. The zero-order valence-corrected chi connectivity index (χ0v) is 16.6. The largest absolute Gasteiger partial charge is 0.497 e. The van der Waals surface area contributed by atoms with E-state index in [1.165, 1.54) is 0 Å². The minimum absolute atomic E-state index is 0.313. The van der Waals surface area contributed by atoms with E-state index in [-0.39, 0.29) is 0 Å². The standard InChI is InChI=1S/C16H17ClN2O.2C2H6/c1-11(2)15-8-14(17)16(9-18)19(15)10-12-4-6-13(20-3)7-5-12;2*1-2/h4-8,11H,10H2,1-3H3;2*1-2H3. The summed E-state index contributed by atoms with van der Waals surface area (Å²) in [7, 11) is 1.64. The summed E-state index contributed by atoms with van der Waals surface area (Å²) < 4.78 is 7.13. The molecule has 2 aromatic rings. The molecule has 1 heterocycles. The van der Waals surface area contributed by atoms with Gasteiger partial charge in [0.15, 0.2) is 0 Å². The van der Waals surface area contributed by atoms with Crippen molar-refractivity contribution in [2.45, 2.75) is 54.0 Å². The summed E-state index contributed by atoms with van der Waals surface area (Å²) in [5, 5.41) is 9.80. The highest BCUT2D eigenvalue weighted by atomic mass is 35.5. The molecule has 4 heteroatoms. The van der Waals surface area contributed by atoms with E-state index in [0.29, 0.717) is 23.2 Å². The maximum absolute atomic E-state index is 9.28. The Morgan fingerprint density at radius 2 is 1.67 bits per heavy atom. The molecule has 0 aliphatic rings. The number of hydrogen-bond acceptors (Lipinski definition) is 2. The van der Waals surface area contributed by atoms with Crippen molar-refractivity contribution in [3.8, 4) is 11.8 Å². The molecule has 0 atom stereocenters. The third-order valence-corrected chi connectivity index (χ3v) is 3.57. The summed E-state index contributed by atoms with van der Waals surface area (Å²) in [5.41, 5.74) is 2.70. The van der Waals surface area contributed by atoms with Crippen molar-refractivity contribution in [2.24, 2.45) is 0 Å². The second-order valence-electron chi connectivity index (χ2n) is 4.97. The predicted molar refractivity (Wildman–Crippen MR) is 103 cm³/mol. The van der Waals surface area contributed by atoms with Crippen molar-refractivity contribution in [3.63, 3.8) is 0 Å². The molecule has 0 saturated heterocycles. The average Bonchev–Trinajstić information content (AvgIpc) is 2.94. The van der Waals surface area contributed by atoms with Crippen LogP contribution in [-0.4, -0.2) is 11.7 Å². The van der Waals surface area contributed by atoms with Gasteiger partial charge in [-0.3, -0.25) is 0 Å². The van der Waals surface area contributed by atoms with E-state index < -0.39 is 0 Å². The van der Waals surface area contributed by atoms with Gasteiger partial charge in [-0.25, -0.2) is 0 Å². The number of hydrogen-bond donors (Lipinski definition) is 0. The van der Waals surface area contributed by atoms with Gasteiger partial charge in [0.1, 0.15) is 17.5 Å². The number of rotatable bonds is 4. The Balaban J connectivity index is 0.00000123. The maximum Gasteiger partial charge on any atom is 0.139 e. The number of aromatic nitrogens is 1. The molecule has 0 radical (unpaired) electrons. The minimum Gasteiger partial charge on any atom is -0.497 e. The number of nitrogens with zero attached hydrogens (tertiary/aromatic N) is 2. The third-order valence-electron chi connectivity index (χ3n) is 3.28. The highest BCUT2D eigenvalue weighted by Gasteiger charge is 2.16. The first-order chi connectivity index (χ1) is 11.6. The summed E-state index contributed by atoms with van der Waals surface area (Å²) in [6.07, 6.45) is 0. The molecule has 1 aromatic heterocycles. The molecular weight excluding hydrogens is 320 g/mol. The Hall–Kier alpha value is -1.92. The lowest BCUT2D eigenvalue weighted by atomic mass is 10.1. The third kappa shape index (κ3) is 5.62. The molecule has 3 nitrogen and oxygen atoms in total. The molecule has 0 N–H and O–H groups in total. The van der Waals surface area contributed by atoms with E-state index >= 15 is 0 Å². The van der Waals surface area contributed by atoms with Crippen LogP contribution < -0.4 is 4.74 Å². The molecule has 0 bridgehead atoms. The molecule has 0 fully saturated rings. The molecule has 1 aromatic carbocycles. The number of ether oxygens (including phenoxy) is 1. The van der Waals surface area contributed by atoms with Crippen molar-refractivity contribution >= 4 is 11.6 Å². The van der Waals surface area contributed by atoms with Crippen LogP contribution in [0.2, 0.25) is 5.02 Å². The van der Waals surface area contributed by atoms with Crippen LogP contribution in [0.3, 0.4) is 0 Å². The summed E-state index contributed by atoms with van der Waals surface area (Å²) >= 11 is 6.14. The first kappa shape index (κ1) is 22.1. The predicted octanol–water partition coefficient (Wildman–Crippen LogP) is 6.25. The summed E-state index contributed by atoms with van der Waals surface area (Å²) in [5.74, 6) is 1.14. The fourth-order valence-corrected chi connectivity index (χ4v) is 2.47. The van der Waals surface area contributed by atoms with E-state index in [4.69, 9.17) is 16.3 Å². The van der Waals surface area contributed by atoms with Gasteiger partial charge in [0, 0.05) is 12.2 Å². The van der Waals surface area contributed by atoms with Crippen LogP contribution in [0, 0.1) is 11.3 Å². The number of methoxy groups -OCH3 is 1. The zero-order valence-electron chi connectivity index (χ0n) is 15.9. The maximum atomic E-state index is 9.28. The van der Waals surface area contributed by atoms with E-state index in [1.807, 2.05) is 62.6 Å². The molecule has 132 valence electrons. The van der Waals surface area contributed by atoms with Crippen molar-refractivity contribution in [1.82, 2.24) is 4.57 Å². The van der Waals surface area contributed by atoms with Crippen LogP contribution >= 0.6 is 11.6 Å². The van der Waals surface area contributed by atoms with Crippen LogP contribution in [0.15, 0.2) is 30.3 Å². The highest BCUT2D eigenvalue weighted by Crippen LogP contribution is 2.27. The average molecular weight is 349 g/mol. The molecule has 0 saturated carbocycles. The Labute approximate surface area is 151 Å². The van der Waals surface area contributed by atoms with E-state index in [0.717, 1.165) is 17.0 Å². The second-order valence-corrected chi connectivity index (χ2v) is 5.37. The summed E-state index contributed by atoms with van der Waals surface area (Å²) in [6, 6.07) is 11.9. The fourth-order valence-electron chi connectivity index (χ4n) is 2.21. The van der Waals surface area contributed by atoms with Gasteiger partial charge < -0.3 is 9.30 Å². The van der Waals surface area contributed by atoms with Gasteiger partial charge in [-0.2, -0.15) is 5.26 Å². The van der Waals surface area contributed by atoms with Crippen molar-refractivity contribution < 1.29 is 4.74 Å². The molecular formula is C20H29ClN2O. The first-order valence-electron chi connectivity index (χ1n) is 8.48. The number of nitriles is 1. The van der Waals surface area contributed by atoms with Gasteiger partial charge in [0.05, 0.1) is 12.1 Å². The zero-order chi connectivity index (χ0) is 18.7. The van der Waals surface area contributed by atoms with E-state index in [2.05, 4.69) is 19.9 Å². The lowest BCUT2D eigenvalue weighted by molar-refractivity contribution is 0.414. The van der Waals surface area contributed by atoms with Crippen LogP contribution in [0.1, 0.15) is 64.4 Å². The lowest BCUT2D eigenvalue weighted by Crippen LogP contribution is -2.07. The SMILES string of the molecule is CC.CC.COc1ccc(Cn2c(C(C)C)cc(Cl)c2C#N)cc1. The van der Waals surface area contributed by atoms with Crippen molar-refractivity contribution in [2.75, 3.05) is 7.11 Å². The highest BCUT2D eigenvalue weighted by molar-refractivity contribution is 6.31. The Morgan fingerprint density at radius 3 is 2.08 bits per heavy atom. The van der Waals surface area contributed by atoms with Crippen LogP contribution in [-0.2, 0) is 6.54 Å². The van der Waals surface area contributed by atoms with E-state index in [1.54, 1.807) is 7.11 Å². The molecule has 24 heavy (non-hydrogen) atoms. The Bertz CT molecular complexity index is 637. The van der Waals surface area contributed by atoms with Gasteiger partial charge in [0.25, 0.3) is 0 Å². The van der Waals surface area contributed by atoms with Gasteiger partial charge in [-0.15, -0.1) is 0 Å². The molecule has 0 unspecified atom stereocenters. The second kappa shape index (κ2) is 11.6. The van der Waals surface area contributed by atoms with Crippen LogP contribution in [0.5, 0.6) is 5.75 Å². The Kier molecular flexibility index (Phi) is 10.7. The van der Waals surface area contributed by atoms with E-state index in [9.17, 15) is 5.26 Å². The summed E-state index contributed by atoms with van der Waals surface area (Å²) in [4.78, 5) is 0. The summed E-state index contributed by atoms with van der Waals surface area (Å²) in [6.45, 7) is 12.8. The van der Waals surface area contributed by atoms with Gasteiger partial charge in [-0.05, 0) is 29.7 Å². The lowest BCUT2D eigenvalue weighted by Gasteiger charge is -2.13. The van der Waals surface area contributed by atoms with Crippen LogP contribution in [0.25, 0.3) is 0 Å². The van der Waals surface area contributed by atoms with Crippen LogP contribution in [0.4, 0.5) is 0 Å². The molecule has 2 rings (SSSR count). The van der Waals surface area contributed by atoms with Crippen molar-refractivity contribution in [3.05, 3.63) is 52.3 Å². The minimum atomic E-state index is 0.313.